The maximum atomic E-state index is 13.2. The third-order valence-corrected chi connectivity index (χ3v) is 6.03. The first-order valence-corrected chi connectivity index (χ1v) is 9.41. The molecule has 0 spiro atoms. The summed E-state index contributed by atoms with van der Waals surface area (Å²) in [6.07, 6.45) is 1.47. The molecular formula is C20H26F3N3O. The Bertz CT molecular complexity index is 744. The number of amides is 1. The lowest BCUT2D eigenvalue weighted by molar-refractivity contribution is -0.144. The van der Waals surface area contributed by atoms with Crippen LogP contribution in [-0.4, -0.2) is 34.9 Å². The van der Waals surface area contributed by atoms with E-state index in [0.29, 0.717) is 31.6 Å². The van der Waals surface area contributed by atoms with E-state index in [9.17, 15) is 18.0 Å². The third-order valence-electron chi connectivity index (χ3n) is 6.03. The van der Waals surface area contributed by atoms with Crippen molar-refractivity contribution in [3.63, 3.8) is 0 Å². The highest BCUT2D eigenvalue weighted by Gasteiger charge is 2.48. The summed E-state index contributed by atoms with van der Waals surface area (Å²) in [5.74, 6) is 0.326. The van der Waals surface area contributed by atoms with E-state index in [4.69, 9.17) is 5.73 Å². The maximum Gasteiger partial charge on any atom is 0.416 e. The topological polar surface area (TPSA) is 59.2 Å². The zero-order chi connectivity index (χ0) is 19.8. The van der Waals surface area contributed by atoms with Crippen molar-refractivity contribution in [2.75, 3.05) is 13.1 Å². The average Bonchev–Trinajstić information content (AvgIpc) is 3.04. The highest BCUT2D eigenvalue weighted by atomic mass is 19.4. The molecule has 1 aromatic rings. The fourth-order valence-electron chi connectivity index (χ4n) is 4.26. The number of hydrogen-bond acceptors (Lipinski definition) is 3. The highest BCUT2D eigenvalue weighted by molar-refractivity contribution is 5.84. The van der Waals surface area contributed by atoms with E-state index in [1.807, 2.05) is 11.0 Å². The van der Waals surface area contributed by atoms with Gasteiger partial charge in [-0.15, -0.1) is 0 Å². The van der Waals surface area contributed by atoms with Crippen molar-refractivity contribution < 1.29 is 18.0 Å². The summed E-state index contributed by atoms with van der Waals surface area (Å²) in [5.41, 5.74) is 6.05. The van der Waals surface area contributed by atoms with E-state index in [0.717, 1.165) is 30.5 Å². The number of rotatable bonds is 3. The Balaban J connectivity index is 1.76. The van der Waals surface area contributed by atoms with Crippen molar-refractivity contribution >= 4 is 11.5 Å². The van der Waals surface area contributed by atoms with Gasteiger partial charge in [-0.1, -0.05) is 19.9 Å². The van der Waals surface area contributed by atoms with Gasteiger partial charge in [0.25, 0.3) is 0 Å². The van der Waals surface area contributed by atoms with Crippen molar-refractivity contribution in [3.05, 3.63) is 35.7 Å². The van der Waals surface area contributed by atoms with Gasteiger partial charge in [-0.05, 0) is 49.3 Å². The lowest BCUT2D eigenvalue weighted by Gasteiger charge is -2.38. The molecule has 2 heterocycles. The zero-order valence-corrected chi connectivity index (χ0v) is 15.7. The molecule has 1 fully saturated rings. The minimum absolute atomic E-state index is 0.0570. The monoisotopic (exact) mass is 381 g/mol. The molecule has 0 radical (unpaired) electrons. The van der Waals surface area contributed by atoms with Gasteiger partial charge in [0.05, 0.1) is 16.7 Å². The van der Waals surface area contributed by atoms with Crippen LogP contribution in [0.5, 0.6) is 0 Å². The molecule has 1 aliphatic carbocycles. The smallest absolute Gasteiger partial charge is 0.338 e. The summed E-state index contributed by atoms with van der Waals surface area (Å²) >= 11 is 0. The minimum Gasteiger partial charge on any atom is -0.338 e. The van der Waals surface area contributed by atoms with E-state index >= 15 is 0 Å². The molecular weight excluding hydrogens is 355 g/mol. The fraction of sp³-hybridized carbons (Fsp3) is 0.600. The van der Waals surface area contributed by atoms with Gasteiger partial charge in [0.15, 0.2) is 0 Å². The molecule has 0 aromatic carbocycles. The molecule has 4 nitrogen and oxygen atoms in total. The summed E-state index contributed by atoms with van der Waals surface area (Å²) in [6.45, 7) is 5.02. The first-order valence-electron chi connectivity index (χ1n) is 9.41. The number of nitrogens with two attached hydrogens (primary N) is 1. The van der Waals surface area contributed by atoms with Crippen LogP contribution in [-0.2, 0) is 11.0 Å². The number of aromatic nitrogens is 1. The Hall–Kier alpha value is -1.89. The Kier molecular flexibility index (Phi) is 5.34. The van der Waals surface area contributed by atoms with Crippen LogP contribution < -0.4 is 5.73 Å². The molecule has 0 saturated heterocycles. The number of carbonyl (C=O) groups is 1. The van der Waals surface area contributed by atoms with Crippen molar-refractivity contribution in [2.45, 2.75) is 51.7 Å². The van der Waals surface area contributed by atoms with Crippen LogP contribution in [0.2, 0.25) is 0 Å². The quantitative estimate of drug-likeness (QED) is 0.865. The van der Waals surface area contributed by atoms with Gasteiger partial charge in [-0.2, -0.15) is 13.2 Å². The second kappa shape index (κ2) is 7.26. The SMILES string of the molecule is CC(C)[C@]1(C(=O)N2CC=C(c3cc(C(F)(F)F)ccn3)CC2)CCC(N)C1. The number of halogens is 3. The number of hydrogen-bond donors (Lipinski definition) is 1. The Morgan fingerprint density at radius 2 is 2.15 bits per heavy atom. The van der Waals surface area contributed by atoms with Crippen LogP contribution in [0, 0.1) is 11.3 Å². The first kappa shape index (κ1) is 19.9. The molecule has 148 valence electrons. The summed E-state index contributed by atoms with van der Waals surface area (Å²) in [6, 6.07) is 2.11. The standard InChI is InChI=1S/C20H26F3N3O/c1-13(2)19(7-3-16(24)12-19)18(27)26-9-5-14(6-10-26)17-11-15(4-8-25-17)20(21,22)23/h4-5,8,11,13,16H,3,6-7,9-10,12,24H2,1-2H3/t16?,19-/m0/s1. The Morgan fingerprint density at radius 1 is 1.41 bits per heavy atom. The summed E-state index contributed by atoms with van der Waals surface area (Å²) < 4.78 is 38.7. The molecule has 2 aliphatic rings. The molecule has 2 N–H and O–H groups in total. The van der Waals surface area contributed by atoms with Crippen molar-refractivity contribution in [1.82, 2.24) is 9.88 Å². The van der Waals surface area contributed by atoms with E-state index in [1.165, 1.54) is 6.20 Å². The number of carbonyl (C=O) groups excluding carboxylic acids is 1. The minimum atomic E-state index is -4.39. The molecule has 1 aromatic heterocycles. The van der Waals surface area contributed by atoms with Gasteiger partial charge in [-0.3, -0.25) is 9.78 Å². The summed E-state index contributed by atoms with van der Waals surface area (Å²) in [7, 11) is 0. The molecule has 1 unspecified atom stereocenters. The van der Waals surface area contributed by atoms with Crippen LogP contribution in [0.3, 0.4) is 0 Å². The number of alkyl halides is 3. The van der Waals surface area contributed by atoms with Gasteiger partial charge in [0, 0.05) is 25.3 Å². The summed E-state index contributed by atoms with van der Waals surface area (Å²) in [4.78, 5) is 19.1. The van der Waals surface area contributed by atoms with Gasteiger partial charge in [0.2, 0.25) is 5.91 Å². The molecule has 0 bridgehead atoms. The lowest BCUT2D eigenvalue weighted by Crippen LogP contribution is -2.47. The van der Waals surface area contributed by atoms with Crippen molar-refractivity contribution in [1.29, 1.82) is 0 Å². The van der Waals surface area contributed by atoms with E-state index in [1.54, 1.807) is 0 Å². The van der Waals surface area contributed by atoms with Gasteiger partial charge < -0.3 is 10.6 Å². The van der Waals surface area contributed by atoms with Gasteiger partial charge in [-0.25, -0.2) is 0 Å². The number of pyridine rings is 1. The molecule has 1 amide bonds. The van der Waals surface area contributed by atoms with Crippen LogP contribution >= 0.6 is 0 Å². The van der Waals surface area contributed by atoms with E-state index < -0.39 is 17.2 Å². The van der Waals surface area contributed by atoms with Crippen LogP contribution in [0.25, 0.3) is 5.57 Å². The Labute approximate surface area is 157 Å². The molecule has 2 atom stereocenters. The fourth-order valence-corrected chi connectivity index (χ4v) is 4.26. The van der Waals surface area contributed by atoms with E-state index in [2.05, 4.69) is 18.8 Å². The van der Waals surface area contributed by atoms with Crippen LogP contribution in [0.15, 0.2) is 24.4 Å². The van der Waals surface area contributed by atoms with E-state index in [-0.39, 0.29) is 17.9 Å². The molecule has 1 aliphatic heterocycles. The average molecular weight is 381 g/mol. The van der Waals surface area contributed by atoms with Gasteiger partial charge >= 0.3 is 6.18 Å². The third kappa shape index (κ3) is 3.88. The number of nitrogens with zero attached hydrogens (tertiary/aromatic N) is 2. The van der Waals surface area contributed by atoms with Crippen LogP contribution in [0.1, 0.15) is 50.8 Å². The summed E-state index contributed by atoms with van der Waals surface area (Å²) in [5, 5.41) is 0. The molecule has 27 heavy (non-hydrogen) atoms. The molecule has 3 rings (SSSR count). The zero-order valence-electron chi connectivity index (χ0n) is 15.7. The highest BCUT2D eigenvalue weighted by Crippen LogP contribution is 2.45. The maximum absolute atomic E-state index is 13.2. The normalized spacial score (nSPS) is 26.4. The predicted molar refractivity (Wildman–Crippen MR) is 97.5 cm³/mol. The second-order valence-electron chi connectivity index (χ2n) is 7.97. The van der Waals surface area contributed by atoms with Crippen molar-refractivity contribution in [2.24, 2.45) is 17.1 Å². The molecule has 7 heteroatoms. The first-order chi connectivity index (χ1) is 12.6. The predicted octanol–water partition coefficient (Wildman–Crippen LogP) is 3.87. The van der Waals surface area contributed by atoms with Gasteiger partial charge in [0.1, 0.15) is 0 Å². The molecule has 1 saturated carbocycles. The Morgan fingerprint density at radius 3 is 2.67 bits per heavy atom. The largest absolute Gasteiger partial charge is 0.416 e. The lowest BCUT2D eigenvalue weighted by atomic mass is 9.74. The van der Waals surface area contributed by atoms with Crippen molar-refractivity contribution in [3.8, 4) is 0 Å². The van der Waals surface area contributed by atoms with Crippen LogP contribution in [0.4, 0.5) is 13.2 Å². The second-order valence-corrected chi connectivity index (χ2v) is 7.97.